The van der Waals surface area contributed by atoms with Crippen molar-refractivity contribution in [3.05, 3.63) is 94.8 Å². The van der Waals surface area contributed by atoms with Crippen LogP contribution in [0.1, 0.15) is 30.0 Å². The molecule has 1 saturated carbocycles. The van der Waals surface area contributed by atoms with Crippen LogP contribution in [0.15, 0.2) is 77.1 Å². The molecular formula is C31H39FN6O3S. The van der Waals surface area contributed by atoms with Crippen LogP contribution in [0.2, 0.25) is 0 Å². The molecule has 5 rings (SSSR count). The molecule has 2 fully saturated rings. The fourth-order valence-electron chi connectivity index (χ4n) is 5.59. The van der Waals surface area contributed by atoms with Crippen molar-refractivity contribution in [3.8, 4) is 5.69 Å². The molecule has 2 aromatic carbocycles. The van der Waals surface area contributed by atoms with Crippen LogP contribution >= 0.6 is 0 Å². The topological polar surface area (TPSA) is 90.8 Å². The van der Waals surface area contributed by atoms with Gasteiger partial charge in [0.15, 0.2) is 5.82 Å². The third-order valence-electron chi connectivity index (χ3n) is 8.01. The van der Waals surface area contributed by atoms with Gasteiger partial charge in [-0.15, -0.1) is 6.58 Å². The molecular weight excluding hydrogens is 555 g/mol. The molecule has 1 aliphatic carbocycles. The zero-order valence-electron chi connectivity index (χ0n) is 24.2. The van der Waals surface area contributed by atoms with E-state index in [-0.39, 0.29) is 16.3 Å². The first-order valence-electron chi connectivity index (χ1n) is 14.4. The Morgan fingerprint density at radius 2 is 1.79 bits per heavy atom. The van der Waals surface area contributed by atoms with Gasteiger partial charge in [-0.05, 0) is 67.8 Å². The Kier molecular flexibility index (Phi) is 9.22. The van der Waals surface area contributed by atoms with Gasteiger partial charge in [0.25, 0.3) is 5.56 Å². The summed E-state index contributed by atoms with van der Waals surface area (Å²) in [5.41, 5.74) is 2.33. The van der Waals surface area contributed by atoms with Gasteiger partial charge < -0.3 is 10.2 Å². The average molecular weight is 595 g/mol. The molecule has 11 heteroatoms. The number of rotatable bonds is 12. The highest BCUT2D eigenvalue weighted by Gasteiger charge is 2.42. The van der Waals surface area contributed by atoms with Gasteiger partial charge in [-0.1, -0.05) is 18.2 Å². The number of hydrogen-bond donors (Lipinski definition) is 1. The predicted octanol–water partition coefficient (Wildman–Crippen LogP) is 3.01. The van der Waals surface area contributed by atoms with Crippen LogP contribution in [-0.4, -0.2) is 86.6 Å². The van der Waals surface area contributed by atoms with Gasteiger partial charge in [-0.25, -0.2) is 22.1 Å². The first-order valence-corrected chi connectivity index (χ1v) is 15.8. The third kappa shape index (κ3) is 6.64. The predicted molar refractivity (Wildman–Crippen MR) is 163 cm³/mol. The Labute approximate surface area is 247 Å². The molecule has 1 aromatic heterocycles. The summed E-state index contributed by atoms with van der Waals surface area (Å²) in [5.74, 6) is 0.590. The van der Waals surface area contributed by atoms with Crippen molar-refractivity contribution in [3.63, 3.8) is 0 Å². The number of sulfonamides is 1. The first kappa shape index (κ1) is 30.1. The molecule has 0 amide bonds. The van der Waals surface area contributed by atoms with Crippen molar-refractivity contribution in [1.29, 1.82) is 0 Å². The van der Waals surface area contributed by atoms with Gasteiger partial charge in [0, 0.05) is 70.7 Å². The zero-order valence-corrected chi connectivity index (χ0v) is 25.1. The van der Waals surface area contributed by atoms with E-state index < -0.39 is 10.0 Å². The van der Waals surface area contributed by atoms with Gasteiger partial charge in [0.05, 0.1) is 10.6 Å². The summed E-state index contributed by atoms with van der Waals surface area (Å²) in [6, 6.07) is 13.6. The minimum Gasteiger partial charge on any atom is -0.349 e. The average Bonchev–Trinajstić information content (AvgIpc) is 3.79. The Morgan fingerprint density at radius 1 is 1.10 bits per heavy atom. The Bertz CT molecular complexity index is 1550. The normalized spacial score (nSPS) is 18.9. The molecule has 42 heavy (non-hydrogen) atoms. The molecule has 2 heterocycles. The summed E-state index contributed by atoms with van der Waals surface area (Å²) in [6.45, 7) is 8.47. The highest BCUT2D eigenvalue weighted by Crippen LogP contribution is 2.44. The Hall–Kier alpha value is -3.38. The minimum absolute atomic E-state index is 0.169. The van der Waals surface area contributed by atoms with E-state index in [2.05, 4.69) is 16.8 Å². The number of aryl methyl sites for hydroxylation is 1. The van der Waals surface area contributed by atoms with Gasteiger partial charge in [0.2, 0.25) is 10.0 Å². The van der Waals surface area contributed by atoms with E-state index in [1.165, 1.54) is 42.7 Å². The molecule has 2 aliphatic rings. The maximum absolute atomic E-state index is 13.6. The van der Waals surface area contributed by atoms with E-state index >= 15 is 0 Å². The molecule has 1 aliphatic heterocycles. The zero-order chi connectivity index (χ0) is 29.9. The van der Waals surface area contributed by atoms with E-state index in [4.69, 9.17) is 4.98 Å². The summed E-state index contributed by atoms with van der Waals surface area (Å²) < 4.78 is 41.3. The highest BCUT2D eigenvalue weighted by molar-refractivity contribution is 7.89. The fraction of sp³-hybridized carbons (Fsp3) is 0.419. The van der Waals surface area contributed by atoms with Gasteiger partial charge in [-0.2, -0.15) is 0 Å². The molecule has 1 saturated heterocycles. The van der Waals surface area contributed by atoms with Crippen molar-refractivity contribution in [1.82, 2.24) is 24.1 Å². The Morgan fingerprint density at radius 3 is 2.43 bits per heavy atom. The SMILES string of the molecule is C=CCN(CCCc1cn(-c2ccc(S(=O)(=O)N(C)C)cc2)c(=O)c(N2CCNCC2)n1)[C@@H]1C[C@H]1c1ccc(F)cc1. The molecule has 2 atom stereocenters. The molecule has 9 nitrogen and oxygen atoms in total. The van der Waals surface area contributed by atoms with Gasteiger partial charge >= 0.3 is 0 Å². The number of benzene rings is 2. The lowest BCUT2D eigenvalue weighted by molar-refractivity contribution is 0.283. The highest BCUT2D eigenvalue weighted by atomic mass is 32.2. The number of anilines is 1. The number of aromatic nitrogens is 2. The maximum atomic E-state index is 13.6. The largest absolute Gasteiger partial charge is 0.349 e. The molecule has 0 radical (unpaired) electrons. The summed E-state index contributed by atoms with van der Waals surface area (Å²) in [7, 11) is -0.598. The summed E-state index contributed by atoms with van der Waals surface area (Å²) >= 11 is 0. The summed E-state index contributed by atoms with van der Waals surface area (Å²) in [5, 5.41) is 3.32. The Balaban J connectivity index is 1.35. The van der Waals surface area contributed by atoms with E-state index in [0.29, 0.717) is 43.0 Å². The van der Waals surface area contributed by atoms with Crippen molar-refractivity contribution in [2.45, 2.75) is 36.1 Å². The van der Waals surface area contributed by atoms with Gasteiger partial charge in [-0.3, -0.25) is 14.3 Å². The van der Waals surface area contributed by atoms with Crippen LogP contribution < -0.4 is 15.8 Å². The lowest BCUT2D eigenvalue weighted by Gasteiger charge is -2.28. The second-order valence-corrected chi connectivity index (χ2v) is 13.2. The first-order chi connectivity index (χ1) is 20.2. The number of nitrogens with zero attached hydrogens (tertiary/aromatic N) is 5. The van der Waals surface area contributed by atoms with E-state index in [9.17, 15) is 17.6 Å². The van der Waals surface area contributed by atoms with Crippen LogP contribution in [-0.2, 0) is 16.4 Å². The third-order valence-corrected chi connectivity index (χ3v) is 9.84. The van der Waals surface area contributed by atoms with Gasteiger partial charge in [0.1, 0.15) is 5.82 Å². The molecule has 3 aromatic rings. The maximum Gasteiger partial charge on any atom is 0.298 e. The van der Waals surface area contributed by atoms with E-state index in [1.807, 2.05) is 23.1 Å². The molecule has 0 bridgehead atoms. The number of halogens is 1. The number of piperazine rings is 1. The lowest BCUT2D eigenvalue weighted by Crippen LogP contribution is -2.46. The van der Waals surface area contributed by atoms with Crippen molar-refractivity contribution < 1.29 is 12.8 Å². The van der Waals surface area contributed by atoms with Crippen molar-refractivity contribution >= 4 is 15.8 Å². The smallest absolute Gasteiger partial charge is 0.298 e. The van der Waals surface area contributed by atoms with Crippen LogP contribution in [0.25, 0.3) is 5.69 Å². The van der Waals surface area contributed by atoms with Crippen LogP contribution in [0.4, 0.5) is 10.2 Å². The monoisotopic (exact) mass is 594 g/mol. The summed E-state index contributed by atoms with van der Waals surface area (Å²) in [6.07, 6.45) is 6.25. The second-order valence-electron chi connectivity index (χ2n) is 11.1. The van der Waals surface area contributed by atoms with Crippen LogP contribution in [0.5, 0.6) is 0 Å². The van der Waals surface area contributed by atoms with Crippen LogP contribution in [0, 0.1) is 5.82 Å². The fourth-order valence-corrected chi connectivity index (χ4v) is 6.49. The summed E-state index contributed by atoms with van der Waals surface area (Å²) in [4.78, 5) is 23.1. The van der Waals surface area contributed by atoms with E-state index in [1.54, 1.807) is 22.9 Å². The minimum atomic E-state index is -3.58. The molecule has 1 N–H and O–H groups in total. The van der Waals surface area contributed by atoms with Crippen molar-refractivity contribution in [2.75, 3.05) is 58.3 Å². The van der Waals surface area contributed by atoms with E-state index in [0.717, 1.165) is 50.3 Å². The number of nitrogens with one attached hydrogen (secondary N) is 1. The second kappa shape index (κ2) is 12.9. The van der Waals surface area contributed by atoms with Crippen molar-refractivity contribution in [2.24, 2.45) is 0 Å². The quantitative estimate of drug-likeness (QED) is 0.323. The molecule has 0 spiro atoms. The van der Waals surface area contributed by atoms with Crippen LogP contribution in [0.3, 0.4) is 0 Å². The lowest BCUT2D eigenvalue weighted by atomic mass is 10.1. The standard InChI is InChI=1S/C31H39FN6O3S/c1-4-17-36(29-21-28(29)23-7-9-24(32)10-8-23)18-5-6-25-22-38(31(39)30(34-25)37-19-15-33-16-20-37)26-11-13-27(14-12-26)42(40,41)35(2)3/h4,7-14,22,28-29,33H,1,5-6,15-21H2,2-3H3/t28-,29+/m0/s1. The molecule has 0 unspecified atom stereocenters. The molecule has 224 valence electrons. The number of hydrogen-bond acceptors (Lipinski definition) is 7.